The van der Waals surface area contributed by atoms with Crippen molar-refractivity contribution in [3.63, 3.8) is 0 Å². The SMILES string of the molecule is Cc1cc2c(cc1O)Oc1c(cc(C)c(O)c1C)C2C(C)C. The minimum absolute atomic E-state index is 0.191. The van der Waals surface area contributed by atoms with Crippen LogP contribution in [0.1, 0.15) is 47.6 Å². The van der Waals surface area contributed by atoms with Crippen molar-refractivity contribution < 1.29 is 14.9 Å². The maximum atomic E-state index is 10.2. The van der Waals surface area contributed by atoms with Crippen molar-refractivity contribution in [1.82, 2.24) is 0 Å². The summed E-state index contributed by atoms with van der Waals surface area (Å²) in [5, 5.41) is 20.2. The van der Waals surface area contributed by atoms with E-state index in [1.54, 1.807) is 6.07 Å². The lowest BCUT2D eigenvalue weighted by molar-refractivity contribution is 0.399. The van der Waals surface area contributed by atoms with Gasteiger partial charge in [-0.2, -0.15) is 0 Å². The molecular weight excluding hydrogens is 276 g/mol. The van der Waals surface area contributed by atoms with Crippen molar-refractivity contribution in [3.8, 4) is 23.0 Å². The van der Waals surface area contributed by atoms with E-state index in [-0.39, 0.29) is 17.4 Å². The van der Waals surface area contributed by atoms with E-state index in [0.717, 1.165) is 33.6 Å². The number of benzene rings is 2. The molecular formula is C19H22O3. The monoisotopic (exact) mass is 298 g/mol. The first-order chi connectivity index (χ1) is 10.3. The van der Waals surface area contributed by atoms with Gasteiger partial charge >= 0.3 is 0 Å². The molecule has 2 aromatic carbocycles. The topological polar surface area (TPSA) is 49.7 Å². The van der Waals surface area contributed by atoms with Gasteiger partial charge in [0.25, 0.3) is 0 Å². The lowest BCUT2D eigenvalue weighted by Crippen LogP contribution is -2.16. The van der Waals surface area contributed by atoms with Crippen LogP contribution in [0.15, 0.2) is 18.2 Å². The molecule has 1 aliphatic heterocycles. The smallest absolute Gasteiger partial charge is 0.137 e. The van der Waals surface area contributed by atoms with E-state index in [9.17, 15) is 10.2 Å². The molecule has 0 saturated carbocycles. The number of aromatic hydroxyl groups is 2. The first-order valence-corrected chi connectivity index (χ1v) is 7.65. The highest BCUT2D eigenvalue weighted by atomic mass is 16.5. The second-order valence-electron chi connectivity index (χ2n) is 6.59. The van der Waals surface area contributed by atoms with Crippen LogP contribution >= 0.6 is 0 Å². The number of hydrogen-bond acceptors (Lipinski definition) is 3. The number of ether oxygens (including phenoxy) is 1. The molecule has 1 heterocycles. The van der Waals surface area contributed by atoms with Gasteiger partial charge < -0.3 is 14.9 Å². The van der Waals surface area contributed by atoms with Crippen LogP contribution in [-0.2, 0) is 0 Å². The molecule has 0 aliphatic carbocycles. The molecule has 2 aromatic rings. The number of rotatable bonds is 1. The summed E-state index contributed by atoms with van der Waals surface area (Å²) in [5.41, 5.74) is 4.68. The van der Waals surface area contributed by atoms with E-state index in [0.29, 0.717) is 11.7 Å². The summed E-state index contributed by atoms with van der Waals surface area (Å²) in [6.45, 7) is 10.1. The molecule has 116 valence electrons. The lowest BCUT2D eigenvalue weighted by atomic mass is 9.78. The zero-order valence-electron chi connectivity index (χ0n) is 13.7. The Labute approximate surface area is 131 Å². The minimum atomic E-state index is 0.191. The van der Waals surface area contributed by atoms with Crippen LogP contribution in [0.4, 0.5) is 0 Å². The highest BCUT2D eigenvalue weighted by molar-refractivity contribution is 5.63. The van der Waals surface area contributed by atoms with E-state index >= 15 is 0 Å². The van der Waals surface area contributed by atoms with Gasteiger partial charge in [-0.3, -0.25) is 0 Å². The summed E-state index contributed by atoms with van der Waals surface area (Å²) in [7, 11) is 0. The molecule has 3 heteroatoms. The number of aryl methyl sites for hydroxylation is 2. The Bertz CT molecular complexity index is 760. The van der Waals surface area contributed by atoms with Gasteiger partial charge in [-0.1, -0.05) is 13.8 Å². The van der Waals surface area contributed by atoms with Gasteiger partial charge in [0.2, 0.25) is 0 Å². The quantitative estimate of drug-likeness (QED) is 0.786. The zero-order chi connectivity index (χ0) is 16.2. The Morgan fingerprint density at radius 1 is 0.955 bits per heavy atom. The van der Waals surface area contributed by atoms with E-state index in [1.807, 2.05) is 32.9 Å². The van der Waals surface area contributed by atoms with Crippen molar-refractivity contribution in [2.75, 3.05) is 0 Å². The highest BCUT2D eigenvalue weighted by Gasteiger charge is 2.32. The molecule has 0 saturated heterocycles. The normalized spacial score (nSPS) is 16.2. The maximum Gasteiger partial charge on any atom is 0.137 e. The predicted molar refractivity (Wildman–Crippen MR) is 87.2 cm³/mol. The van der Waals surface area contributed by atoms with Crippen LogP contribution in [-0.4, -0.2) is 10.2 Å². The van der Waals surface area contributed by atoms with Crippen LogP contribution in [0.5, 0.6) is 23.0 Å². The van der Waals surface area contributed by atoms with Crippen LogP contribution in [0.25, 0.3) is 0 Å². The van der Waals surface area contributed by atoms with E-state index in [1.165, 1.54) is 0 Å². The van der Waals surface area contributed by atoms with Crippen molar-refractivity contribution >= 4 is 0 Å². The molecule has 2 N–H and O–H groups in total. The largest absolute Gasteiger partial charge is 0.508 e. The van der Waals surface area contributed by atoms with E-state index < -0.39 is 0 Å². The van der Waals surface area contributed by atoms with E-state index in [4.69, 9.17) is 4.74 Å². The first kappa shape index (κ1) is 14.8. The fourth-order valence-electron chi connectivity index (χ4n) is 3.38. The standard InChI is InChI=1S/C19H22O3/c1-9(2)17-13-6-10(3)15(20)8-16(13)22-19-12(5)18(21)11(4)7-14(17)19/h6-9,17,20-21H,1-5H3. The summed E-state index contributed by atoms with van der Waals surface area (Å²) in [6, 6.07) is 5.71. The summed E-state index contributed by atoms with van der Waals surface area (Å²) >= 11 is 0. The summed E-state index contributed by atoms with van der Waals surface area (Å²) in [4.78, 5) is 0. The molecule has 3 rings (SSSR count). The lowest BCUT2D eigenvalue weighted by Gasteiger charge is -2.33. The molecule has 0 fully saturated rings. The van der Waals surface area contributed by atoms with Gasteiger partial charge in [-0.15, -0.1) is 0 Å². The van der Waals surface area contributed by atoms with Gasteiger partial charge in [-0.05, 0) is 49.9 Å². The molecule has 1 atom stereocenters. The molecule has 3 nitrogen and oxygen atoms in total. The van der Waals surface area contributed by atoms with Gasteiger partial charge in [0, 0.05) is 28.7 Å². The molecule has 0 bridgehead atoms. The third-order valence-corrected chi connectivity index (χ3v) is 4.58. The Hall–Kier alpha value is -2.16. The van der Waals surface area contributed by atoms with Gasteiger partial charge in [0.15, 0.2) is 0 Å². The molecule has 0 spiro atoms. The number of phenolic OH excluding ortho intramolecular Hbond substituents is 2. The van der Waals surface area contributed by atoms with Crippen molar-refractivity contribution in [1.29, 1.82) is 0 Å². The summed E-state index contributed by atoms with van der Waals surface area (Å²) in [5.74, 6) is 2.49. The number of hydrogen-bond donors (Lipinski definition) is 2. The van der Waals surface area contributed by atoms with Gasteiger partial charge in [-0.25, -0.2) is 0 Å². The second-order valence-corrected chi connectivity index (χ2v) is 6.59. The van der Waals surface area contributed by atoms with E-state index in [2.05, 4.69) is 13.8 Å². The molecule has 0 aromatic heterocycles. The number of phenols is 2. The Morgan fingerprint density at radius 3 is 2.23 bits per heavy atom. The fourth-order valence-corrected chi connectivity index (χ4v) is 3.38. The van der Waals surface area contributed by atoms with Gasteiger partial charge in [0.1, 0.15) is 23.0 Å². The third-order valence-electron chi connectivity index (χ3n) is 4.58. The molecule has 1 unspecified atom stereocenters. The van der Waals surface area contributed by atoms with Crippen LogP contribution < -0.4 is 4.74 Å². The average molecular weight is 298 g/mol. The zero-order valence-corrected chi connectivity index (χ0v) is 13.7. The molecule has 22 heavy (non-hydrogen) atoms. The Balaban J connectivity index is 2.30. The number of fused-ring (bicyclic) bond motifs is 2. The van der Waals surface area contributed by atoms with Crippen molar-refractivity contribution in [2.45, 2.75) is 40.5 Å². The van der Waals surface area contributed by atoms with Gasteiger partial charge in [0.05, 0.1) is 0 Å². The fraction of sp³-hybridized carbons (Fsp3) is 0.368. The van der Waals surface area contributed by atoms with Crippen molar-refractivity contribution in [2.24, 2.45) is 5.92 Å². The van der Waals surface area contributed by atoms with Crippen molar-refractivity contribution in [3.05, 3.63) is 46.0 Å². The molecule has 1 aliphatic rings. The highest BCUT2D eigenvalue weighted by Crippen LogP contribution is 2.52. The second kappa shape index (κ2) is 4.94. The summed E-state index contributed by atoms with van der Waals surface area (Å²) in [6.07, 6.45) is 0. The Kier molecular flexibility index (Phi) is 3.32. The molecule has 0 amide bonds. The summed E-state index contributed by atoms with van der Waals surface area (Å²) < 4.78 is 6.04. The maximum absolute atomic E-state index is 10.2. The first-order valence-electron chi connectivity index (χ1n) is 7.65. The third kappa shape index (κ3) is 2.04. The minimum Gasteiger partial charge on any atom is -0.508 e. The molecule has 0 radical (unpaired) electrons. The Morgan fingerprint density at radius 2 is 1.59 bits per heavy atom. The van der Waals surface area contributed by atoms with Crippen LogP contribution in [0, 0.1) is 26.7 Å². The van der Waals surface area contributed by atoms with Crippen LogP contribution in [0.3, 0.4) is 0 Å². The van der Waals surface area contributed by atoms with Crippen LogP contribution in [0.2, 0.25) is 0 Å². The average Bonchev–Trinajstić information content (AvgIpc) is 2.45. The predicted octanol–water partition coefficient (Wildman–Crippen LogP) is 4.92.